The van der Waals surface area contributed by atoms with Gasteiger partial charge in [0, 0.05) is 31.6 Å². The first-order valence-electron chi connectivity index (χ1n) is 8.13. The fourth-order valence-electron chi connectivity index (χ4n) is 4.45. The van der Waals surface area contributed by atoms with Crippen molar-refractivity contribution < 1.29 is 0 Å². The summed E-state index contributed by atoms with van der Waals surface area (Å²) in [6.45, 7) is 6.94. The van der Waals surface area contributed by atoms with Crippen molar-refractivity contribution in [3.8, 4) is 0 Å². The lowest BCUT2D eigenvalue weighted by Crippen LogP contribution is -2.34. The van der Waals surface area contributed by atoms with Gasteiger partial charge in [-0.25, -0.2) is 0 Å². The molecule has 4 nitrogen and oxygen atoms in total. The van der Waals surface area contributed by atoms with E-state index in [0.717, 1.165) is 18.4 Å². The highest BCUT2D eigenvalue weighted by Gasteiger charge is 2.43. The van der Waals surface area contributed by atoms with Crippen LogP contribution in [0.4, 0.5) is 0 Å². The lowest BCUT2D eigenvalue weighted by molar-refractivity contribution is 0.208. The highest BCUT2D eigenvalue weighted by Crippen LogP contribution is 2.35. The summed E-state index contributed by atoms with van der Waals surface area (Å²) in [5.74, 6) is 1.68. The maximum Gasteiger partial charge on any atom is 0.0843 e. The molecule has 3 heterocycles. The van der Waals surface area contributed by atoms with Crippen LogP contribution in [0.25, 0.3) is 10.9 Å². The van der Waals surface area contributed by atoms with E-state index >= 15 is 0 Å². The summed E-state index contributed by atoms with van der Waals surface area (Å²) in [6, 6.07) is 9.29. The maximum absolute atomic E-state index is 4.78. The third kappa shape index (κ3) is 2.09. The molecular weight excluding hydrogens is 260 g/mol. The van der Waals surface area contributed by atoms with Gasteiger partial charge in [-0.05, 0) is 37.4 Å². The first kappa shape index (κ1) is 13.3. The van der Waals surface area contributed by atoms with E-state index in [0.29, 0.717) is 6.04 Å². The van der Waals surface area contributed by atoms with Crippen LogP contribution in [0.5, 0.6) is 0 Å². The average molecular weight is 284 g/mol. The van der Waals surface area contributed by atoms with E-state index in [1.807, 2.05) is 11.7 Å². The predicted molar refractivity (Wildman–Crippen MR) is 85.1 cm³/mol. The minimum Gasteiger partial charge on any atom is -0.316 e. The Bertz CT molecular complexity index is 647. The van der Waals surface area contributed by atoms with Crippen molar-refractivity contribution in [2.24, 2.45) is 18.9 Å². The summed E-state index contributed by atoms with van der Waals surface area (Å²) in [6.07, 6.45) is 1.24. The second kappa shape index (κ2) is 5.11. The number of nitrogens with one attached hydrogen (secondary N) is 1. The van der Waals surface area contributed by atoms with Gasteiger partial charge in [0.05, 0.1) is 11.2 Å². The Hall–Kier alpha value is -1.39. The highest BCUT2D eigenvalue weighted by atomic mass is 15.3. The van der Waals surface area contributed by atoms with E-state index in [4.69, 9.17) is 5.10 Å². The average Bonchev–Trinajstić information content (AvgIpc) is 3.14. The number of para-hydroxylation sites is 1. The summed E-state index contributed by atoms with van der Waals surface area (Å²) in [4.78, 5) is 2.67. The number of hydrogen-bond donors (Lipinski definition) is 1. The summed E-state index contributed by atoms with van der Waals surface area (Å²) in [5, 5.41) is 9.65. The van der Waals surface area contributed by atoms with Gasteiger partial charge < -0.3 is 5.32 Å². The first-order valence-corrected chi connectivity index (χ1v) is 8.13. The largest absolute Gasteiger partial charge is 0.316 e. The number of aromatic nitrogens is 2. The summed E-state index contributed by atoms with van der Waals surface area (Å²) in [7, 11) is 2.05. The van der Waals surface area contributed by atoms with Crippen molar-refractivity contribution in [3.63, 3.8) is 0 Å². The molecule has 4 rings (SSSR count). The number of likely N-dealkylation sites (tertiary alicyclic amines) is 1. The lowest BCUT2D eigenvalue weighted by atomic mass is 9.93. The Morgan fingerprint density at radius 1 is 1.29 bits per heavy atom. The number of fused-ring (bicyclic) bond motifs is 2. The van der Waals surface area contributed by atoms with Crippen LogP contribution in [0.1, 0.15) is 19.0 Å². The molecule has 2 aromatic rings. The van der Waals surface area contributed by atoms with Gasteiger partial charge in [0.1, 0.15) is 0 Å². The molecule has 0 amide bonds. The normalized spacial score (nSPS) is 29.3. The second-order valence-corrected chi connectivity index (χ2v) is 6.57. The van der Waals surface area contributed by atoms with E-state index in [1.165, 1.54) is 42.7 Å². The van der Waals surface area contributed by atoms with E-state index in [9.17, 15) is 0 Å². The van der Waals surface area contributed by atoms with Gasteiger partial charge in [-0.15, -0.1) is 0 Å². The molecule has 0 radical (unpaired) electrons. The highest BCUT2D eigenvalue weighted by molar-refractivity contribution is 5.81. The number of rotatable bonds is 3. The molecule has 0 spiro atoms. The molecule has 3 atom stereocenters. The number of aryl methyl sites for hydroxylation is 1. The maximum atomic E-state index is 4.78. The van der Waals surface area contributed by atoms with Gasteiger partial charge in [-0.2, -0.15) is 5.10 Å². The number of nitrogens with zero attached hydrogens (tertiary/aromatic N) is 3. The van der Waals surface area contributed by atoms with Crippen LogP contribution in [0, 0.1) is 11.8 Å². The molecule has 1 aromatic carbocycles. The van der Waals surface area contributed by atoms with Crippen molar-refractivity contribution in [3.05, 3.63) is 30.0 Å². The minimum absolute atomic E-state index is 0.714. The van der Waals surface area contributed by atoms with Crippen molar-refractivity contribution in [1.82, 2.24) is 20.0 Å². The van der Waals surface area contributed by atoms with E-state index in [-0.39, 0.29) is 0 Å². The van der Waals surface area contributed by atoms with Crippen LogP contribution in [-0.2, 0) is 13.6 Å². The van der Waals surface area contributed by atoms with Crippen LogP contribution in [-0.4, -0.2) is 40.4 Å². The Morgan fingerprint density at radius 3 is 3.00 bits per heavy atom. The Labute approximate surface area is 126 Å². The minimum atomic E-state index is 0.714. The molecule has 1 aromatic heterocycles. The van der Waals surface area contributed by atoms with Gasteiger partial charge in [-0.3, -0.25) is 9.58 Å². The quantitative estimate of drug-likeness (QED) is 0.936. The zero-order valence-electron chi connectivity index (χ0n) is 12.9. The molecule has 4 heteroatoms. The summed E-state index contributed by atoms with van der Waals surface area (Å²) >= 11 is 0. The third-order valence-corrected chi connectivity index (χ3v) is 5.43. The molecule has 2 aliphatic heterocycles. The zero-order chi connectivity index (χ0) is 14.4. The monoisotopic (exact) mass is 284 g/mol. The van der Waals surface area contributed by atoms with Crippen molar-refractivity contribution >= 4 is 10.9 Å². The second-order valence-electron chi connectivity index (χ2n) is 6.57. The van der Waals surface area contributed by atoms with Crippen LogP contribution < -0.4 is 5.32 Å². The SMILES string of the molecule is CCC1C2CNCC2CN1Cc1nn(C)c2ccccc12. The Balaban J connectivity index is 1.63. The molecule has 0 aliphatic carbocycles. The van der Waals surface area contributed by atoms with E-state index < -0.39 is 0 Å². The third-order valence-electron chi connectivity index (χ3n) is 5.43. The van der Waals surface area contributed by atoms with Crippen molar-refractivity contribution in [2.45, 2.75) is 25.9 Å². The van der Waals surface area contributed by atoms with Crippen LogP contribution in [0.2, 0.25) is 0 Å². The molecule has 0 bridgehead atoms. The molecule has 3 unspecified atom stereocenters. The number of benzene rings is 1. The molecular formula is C17H24N4. The number of hydrogen-bond acceptors (Lipinski definition) is 3. The molecule has 0 saturated carbocycles. The van der Waals surface area contributed by atoms with Gasteiger partial charge in [0.25, 0.3) is 0 Å². The van der Waals surface area contributed by atoms with Gasteiger partial charge in [0.2, 0.25) is 0 Å². The molecule has 112 valence electrons. The smallest absolute Gasteiger partial charge is 0.0843 e. The Morgan fingerprint density at radius 2 is 2.14 bits per heavy atom. The fraction of sp³-hybridized carbons (Fsp3) is 0.588. The van der Waals surface area contributed by atoms with Crippen LogP contribution in [0.15, 0.2) is 24.3 Å². The van der Waals surface area contributed by atoms with Crippen molar-refractivity contribution in [2.75, 3.05) is 19.6 Å². The first-order chi connectivity index (χ1) is 10.3. The van der Waals surface area contributed by atoms with Crippen molar-refractivity contribution in [1.29, 1.82) is 0 Å². The summed E-state index contributed by atoms with van der Waals surface area (Å²) in [5.41, 5.74) is 2.47. The molecule has 1 N–H and O–H groups in total. The molecule has 2 fully saturated rings. The van der Waals surface area contributed by atoms with Gasteiger partial charge in [-0.1, -0.05) is 25.1 Å². The lowest BCUT2D eigenvalue weighted by Gasteiger charge is -2.26. The van der Waals surface area contributed by atoms with Gasteiger partial charge >= 0.3 is 0 Å². The predicted octanol–water partition coefficient (Wildman–Crippen LogP) is 2.00. The van der Waals surface area contributed by atoms with E-state index in [1.54, 1.807) is 0 Å². The zero-order valence-corrected chi connectivity index (χ0v) is 12.9. The van der Waals surface area contributed by atoms with E-state index in [2.05, 4.69) is 41.4 Å². The molecule has 2 aliphatic rings. The summed E-state index contributed by atoms with van der Waals surface area (Å²) < 4.78 is 2.02. The fourth-order valence-corrected chi connectivity index (χ4v) is 4.45. The molecule has 21 heavy (non-hydrogen) atoms. The van der Waals surface area contributed by atoms with Crippen LogP contribution in [0.3, 0.4) is 0 Å². The standard InChI is InChI=1S/C17H24N4/c1-3-16-14-9-18-8-12(14)10-21(16)11-15-13-6-4-5-7-17(13)20(2)19-15/h4-7,12,14,16,18H,3,8-11H2,1-2H3. The Kier molecular flexibility index (Phi) is 3.23. The van der Waals surface area contributed by atoms with Crippen LogP contribution >= 0.6 is 0 Å². The topological polar surface area (TPSA) is 33.1 Å². The van der Waals surface area contributed by atoms with Gasteiger partial charge in [0.15, 0.2) is 0 Å². The molecule has 2 saturated heterocycles.